The fourth-order valence-electron chi connectivity index (χ4n) is 1.83. The molecule has 1 atom stereocenters. The molecular formula is C13H17NO4. The first kappa shape index (κ1) is 12.7. The Labute approximate surface area is 106 Å². The summed E-state index contributed by atoms with van der Waals surface area (Å²) in [5, 5.41) is 9.94. The van der Waals surface area contributed by atoms with E-state index in [0.29, 0.717) is 36.7 Å². The van der Waals surface area contributed by atoms with E-state index in [1.54, 1.807) is 18.2 Å². The predicted octanol–water partition coefficient (Wildman–Crippen LogP) is 1.15. The Hall–Kier alpha value is -1.75. The highest BCUT2D eigenvalue weighted by Gasteiger charge is 2.15. The molecule has 0 aliphatic carbocycles. The van der Waals surface area contributed by atoms with Crippen LogP contribution >= 0.6 is 0 Å². The molecule has 0 radical (unpaired) electrons. The van der Waals surface area contributed by atoms with E-state index < -0.39 is 12.0 Å². The molecule has 0 saturated carbocycles. The molecule has 0 spiro atoms. The SMILES string of the molecule is NC(=O)CCC(O)c1ccc2c(c1)OCCCO2. The number of rotatable bonds is 4. The van der Waals surface area contributed by atoms with Crippen molar-refractivity contribution in [3.05, 3.63) is 23.8 Å². The van der Waals surface area contributed by atoms with Crippen LogP contribution in [0.3, 0.4) is 0 Å². The van der Waals surface area contributed by atoms with E-state index in [1.807, 2.05) is 0 Å². The Morgan fingerprint density at radius 3 is 2.78 bits per heavy atom. The van der Waals surface area contributed by atoms with Crippen molar-refractivity contribution in [1.29, 1.82) is 0 Å². The normalized spacial score (nSPS) is 15.8. The lowest BCUT2D eigenvalue weighted by Gasteiger charge is -2.13. The minimum absolute atomic E-state index is 0.162. The van der Waals surface area contributed by atoms with Gasteiger partial charge in [0, 0.05) is 12.8 Å². The number of fused-ring (bicyclic) bond motifs is 1. The van der Waals surface area contributed by atoms with Crippen LogP contribution in [0.2, 0.25) is 0 Å². The number of primary amides is 1. The average molecular weight is 251 g/mol. The number of aliphatic hydroxyl groups excluding tert-OH is 1. The van der Waals surface area contributed by atoms with E-state index in [1.165, 1.54) is 0 Å². The van der Waals surface area contributed by atoms with Crippen molar-refractivity contribution in [2.24, 2.45) is 5.73 Å². The van der Waals surface area contributed by atoms with Crippen LogP contribution in [0.4, 0.5) is 0 Å². The number of hydrogen-bond donors (Lipinski definition) is 2. The van der Waals surface area contributed by atoms with Crippen molar-refractivity contribution in [2.75, 3.05) is 13.2 Å². The van der Waals surface area contributed by atoms with Crippen molar-refractivity contribution >= 4 is 5.91 Å². The van der Waals surface area contributed by atoms with Gasteiger partial charge in [-0.25, -0.2) is 0 Å². The van der Waals surface area contributed by atoms with Crippen molar-refractivity contribution < 1.29 is 19.4 Å². The van der Waals surface area contributed by atoms with Crippen molar-refractivity contribution in [1.82, 2.24) is 0 Å². The van der Waals surface area contributed by atoms with Gasteiger partial charge in [0.05, 0.1) is 19.3 Å². The molecule has 98 valence electrons. The highest BCUT2D eigenvalue weighted by molar-refractivity contribution is 5.73. The number of amides is 1. The molecule has 5 nitrogen and oxygen atoms in total. The monoisotopic (exact) mass is 251 g/mol. The second kappa shape index (κ2) is 5.73. The molecule has 0 bridgehead atoms. The van der Waals surface area contributed by atoms with Gasteiger partial charge >= 0.3 is 0 Å². The summed E-state index contributed by atoms with van der Waals surface area (Å²) in [6, 6.07) is 5.31. The van der Waals surface area contributed by atoms with Crippen LogP contribution in [-0.4, -0.2) is 24.2 Å². The summed E-state index contributed by atoms with van der Waals surface area (Å²) < 4.78 is 11.0. The number of carbonyl (C=O) groups is 1. The highest BCUT2D eigenvalue weighted by Crippen LogP contribution is 2.33. The molecule has 0 saturated heterocycles. The molecule has 2 rings (SSSR count). The van der Waals surface area contributed by atoms with E-state index >= 15 is 0 Å². The summed E-state index contributed by atoms with van der Waals surface area (Å²) in [5.41, 5.74) is 5.76. The first-order valence-corrected chi connectivity index (χ1v) is 6.03. The second-order valence-corrected chi connectivity index (χ2v) is 4.28. The Kier molecular flexibility index (Phi) is 4.04. The van der Waals surface area contributed by atoms with Gasteiger partial charge in [-0.15, -0.1) is 0 Å². The quantitative estimate of drug-likeness (QED) is 0.841. The first-order valence-electron chi connectivity index (χ1n) is 6.03. The number of hydrogen-bond acceptors (Lipinski definition) is 4. The van der Waals surface area contributed by atoms with E-state index in [2.05, 4.69) is 0 Å². The Morgan fingerprint density at radius 1 is 1.33 bits per heavy atom. The van der Waals surface area contributed by atoms with E-state index in [-0.39, 0.29) is 6.42 Å². The number of aliphatic hydroxyl groups is 1. The molecule has 0 fully saturated rings. The van der Waals surface area contributed by atoms with Gasteiger partial charge in [0.2, 0.25) is 5.91 Å². The fraction of sp³-hybridized carbons (Fsp3) is 0.462. The molecule has 1 aliphatic rings. The predicted molar refractivity (Wildman–Crippen MR) is 65.4 cm³/mol. The smallest absolute Gasteiger partial charge is 0.217 e. The van der Waals surface area contributed by atoms with Gasteiger partial charge in [-0.3, -0.25) is 4.79 Å². The molecule has 3 N–H and O–H groups in total. The molecule has 1 heterocycles. The van der Waals surface area contributed by atoms with Crippen LogP contribution in [0.25, 0.3) is 0 Å². The number of carbonyl (C=O) groups excluding carboxylic acids is 1. The standard InChI is InChI=1S/C13H17NO4/c14-13(16)5-3-10(15)9-2-4-11-12(8-9)18-7-1-6-17-11/h2,4,8,10,15H,1,3,5-7H2,(H2,14,16). The molecule has 1 aliphatic heterocycles. The fourth-order valence-corrected chi connectivity index (χ4v) is 1.83. The van der Waals surface area contributed by atoms with Crippen LogP contribution < -0.4 is 15.2 Å². The Morgan fingerprint density at radius 2 is 2.06 bits per heavy atom. The molecule has 18 heavy (non-hydrogen) atoms. The Bertz CT molecular complexity index is 433. The lowest BCUT2D eigenvalue weighted by molar-refractivity contribution is -0.118. The zero-order chi connectivity index (χ0) is 13.0. The molecule has 1 aromatic rings. The summed E-state index contributed by atoms with van der Waals surface area (Å²) in [4.78, 5) is 10.7. The average Bonchev–Trinajstić information content (AvgIpc) is 2.60. The topological polar surface area (TPSA) is 81.8 Å². The lowest BCUT2D eigenvalue weighted by Crippen LogP contribution is -2.12. The van der Waals surface area contributed by atoms with Crippen LogP contribution in [0.1, 0.15) is 30.9 Å². The van der Waals surface area contributed by atoms with Crippen LogP contribution in [0, 0.1) is 0 Å². The van der Waals surface area contributed by atoms with Crippen molar-refractivity contribution in [3.8, 4) is 11.5 Å². The lowest BCUT2D eigenvalue weighted by atomic mass is 10.0. The van der Waals surface area contributed by atoms with Gasteiger partial charge in [0.25, 0.3) is 0 Å². The molecule has 1 unspecified atom stereocenters. The third kappa shape index (κ3) is 3.13. The molecular weight excluding hydrogens is 234 g/mol. The first-order chi connectivity index (χ1) is 8.66. The third-order valence-corrected chi connectivity index (χ3v) is 2.82. The van der Waals surface area contributed by atoms with Gasteiger partial charge in [-0.05, 0) is 24.1 Å². The summed E-state index contributed by atoms with van der Waals surface area (Å²) in [7, 11) is 0. The maximum absolute atomic E-state index is 10.7. The van der Waals surface area contributed by atoms with Gasteiger partial charge in [0.1, 0.15) is 0 Å². The number of nitrogens with two attached hydrogens (primary N) is 1. The summed E-state index contributed by atoms with van der Waals surface area (Å²) in [5.74, 6) is 0.921. The van der Waals surface area contributed by atoms with Crippen LogP contribution in [0.5, 0.6) is 11.5 Å². The van der Waals surface area contributed by atoms with Crippen LogP contribution in [-0.2, 0) is 4.79 Å². The molecule has 1 aromatic carbocycles. The van der Waals surface area contributed by atoms with Gasteiger partial charge in [-0.1, -0.05) is 6.07 Å². The minimum Gasteiger partial charge on any atom is -0.490 e. The summed E-state index contributed by atoms with van der Waals surface area (Å²) in [6.07, 6.45) is 0.605. The van der Waals surface area contributed by atoms with Crippen molar-refractivity contribution in [3.63, 3.8) is 0 Å². The van der Waals surface area contributed by atoms with E-state index in [0.717, 1.165) is 6.42 Å². The maximum atomic E-state index is 10.7. The minimum atomic E-state index is -0.713. The van der Waals surface area contributed by atoms with Crippen LogP contribution in [0.15, 0.2) is 18.2 Å². The Balaban J connectivity index is 2.09. The van der Waals surface area contributed by atoms with Gasteiger partial charge in [-0.2, -0.15) is 0 Å². The maximum Gasteiger partial charge on any atom is 0.217 e. The number of benzene rings is 1. The molecule has 1 amide bonds. The van der Waals surface area contributed by atoms with Crippen molar-refractivity contribution in [2.45, 2.75) is 25.4 Å². The second-order valence-electron chi connectivity index (χ2n) is 4.28. The molecule has 5 heteroatoms. The highest BCUT2D eigenvalue weighted by atomic mass is 16.5. The zero-order valence-corrected chi connectivity index (χ0v) is 10.1. The van der Waals surface area contributed by atoms with Gasteiger partial charge in [0.15, 0.2) is 11.5 Å². The van der Waals surface area contributed by atoms with Gasteiger partial charge < -0.3 is 20.3 Å². The zero-order valence-electron chi connectivity index (χ0n) is 10.1. The third-order valence-electron chi connectivity index (χ3n) is 2.82. The van der Waals surface area contributed by atoms with E-state index in [9.17, 15) is 9.90 Å². The number of ether oxygens (including phenoxy) is 2. The summed E-state index contributed by atoms with van der Waals surface area (Å²) in [6.45, 7) is 1.24. The largest absolute Gasteiger partial charge is 0.490 e. The molecule has 0 aromatic heterocycles. The summed E-state index contributed by atoms with van der Waals surface area (Å²) >= 11 is 0. The van der Waals surface area contributed by atoms with E-state index in [4.69, 9.17) is 15.2 Å².